The second kappa shape index (κ2) is 6.03. The number of hydrogen-bond donors (Lipinski definition) is 1. The van der Waals surface area contributed by atoms with Crippen LogP contribution in [-0.4, -0.2) is 29.5 Å². The Bertz CT molecular complexity index is 730. The number of nitrogens with zero attached hydrogens (tertiary/aromatic N) is 1. The van der Waals surface area contributed by atoms with Crippen molar-refractivity contribution in [3.63, 3.8) is 0 Å². The van der Waals surface area contributed by atoms with Gasteiger partial charge >= 0.3 is 7.12 Å². The van der Waals surface area contributed by atoms with E-state index in [0.29, 0.717) is 12.3 Å². The van der Waals surface area contributed by atoms with Crippen molar-refractivity contribution < 1.29 is 14.5 Å². The van der Waals surface area contributed by atoms with Crippen molar-refractivity contribution in [2.45, 2.75) is 26.7 Å². The Hall–Kier alpha value is -1.98. The van der Waals surface area contributed by atoms with E-state index in [1.54, 1.807) is 6.20 Å². The van der Waals surface area contributed by atoms with Crippen molar-refractivity contribution in [1.82, 2.24) is 4.98 Å². The third-order valence-corrected chi connectivity index (χ3v) is 4.15. The third-order valence-electron chi connectivity index (χ3n) is 4.15. The first-order valence-corrected chi connectivity index (χ1v) is 7.42. The highest BCUT2D eigenvalue weighted by molar-refractivity contribution is 6.60. The van der Waals surface area contributed by atoms with Crippen LogP contribution >= 0.6 is 0 Å². The molecule has 22 heavy (non-hydrogen) atoms. The summed E-state index contributed by atoms with van der Waals surface area (Å²) in [4.78, 5) is 16.6. The lowest BCUT2D eigenvalue weighted by Gasteiger charge is -2.19. The van der Waals surface area contributed by atoms with Crippen LogP contribution in [0.1, 0.15) is 32.7 Å². The molecule has 0 amide bonds. The molecule has 1 aromatic carbocycles. The number of Topliss-reactive ketones (excluding diaryl/α,β-unsaturated/α-hetero) is 1. The third kappa shape index (κ3) is 2.96. The van der Waals surface area contributed by atoms with Crippen LogP contribution in [-0.2, 0) is 17.5 Å². The SMILES string of the molecule is Cc1cnc(C(=O)Cc2ccc3c(c2)B(O)OCC3)cc1C. The predicted molar refractivity (Wildman–Crippen MR) is 85.5 cm³/mol. The predicted octanol–water partition coefficient (Wildman–Crippen LogP) is 1.38. The highest BCUT2D eigenvalue weighted by Crippen LogP contribution is 2.13. The summed E-state index contributed by atoms with van der Waals surface area (Å²) in [6, 6.07) is 7.60. The van der Waals surface area contributed by atoms with E-state index in [1.165, 1.54) is 0 Å². The number of pyridine rings is 1. The van der Waals surface area contributed by atoms with Gasteiger partial charge in [-0.25, -0.2) is 0 Å². The van der Waals surface area contributed by atoms with Crippen LogP contribution in [0, 0.1) is 13.8 Å². The van der Waals surface area contributed by atoms with Gasteiger partial charge in [0.15, 0.2) is 5.78 Å². The van der Waals surface area contributed by atoms with E-state index in [4.69, 9.17) is 4.65 Å². The molecule has 0 radical (unpaired) electrons. The lowest BCUT2D eigenvalue weighted by atomic mass is 9.73. The first-order chi connectivity index (χ1) is 10.5. The molecule has 1 aliphatic rings. The summed E-state index contributed by atoms with van der Waals surface area (Å²) in [5.41, 5.74) is 5.34. The monoisotopic (exact) mass is 295 g/mol. The fourth-order valence-corrected chi connectivity index (χ4v) is 2.64. The van der Waals surface area contributed by atoms with Crippen molar-refractivity contribution in [3.8, 4) is 0 Å². The van der Waals surface area contributed by atoms with Gasteiger partial charge in [-0.2, -0.15) is 0 Å². The Kier molecular flexibility index (Phi) is 4.09. The van der Waals surface area contributed by atoms with Crippen LogP contribution in [0.15, 0.2) is 30.5 Å². The van der Waals surface area contributed by atoms with Gasteiger partial charge in [-0.3, -0.25) is 9.78 Å². The molecule has 0 unspecified atom stereocenters. The Morgan fingerprint density at radius 2 is 2.14 bits per heavy atom. The maximum Gasteiger partial charge on any atom is 0.491 e. The van der Waals surface area contributed by atoms with Crippen LogP contribution < -0.4 is 5.46 Å². The average Bonchev–Trinajstić information content (AvgIpc) is 2.51. The van der Waals surface area contributed by atoms with E-state index in [0.717, 1.165) is 34.1 Å². The van der Waals surface area contributed by atoms with Crippen LogP contribution in [0.4, 0.5) is 0 Å². The van der Waals surface area contributed by atoms with Crippen LogP contribution in [0.25, 0.3) is 0 Å². The van der Waals surface area contributed by atoms with Gasteiger partial charge in [-0.1, -0.05) is 18.2 Å². The number of ketones is 1. The van der Waals surface area contributed by atoms with Crippen molar-refractivity contribution in [2.75, 3.05) is 6.61 Å². The summed E-state index contributed by atoms with van der Waals surface area (Å²) in [5, 5.41) is 9.88. The van der Waals surface area contributed by atoms with E-state index in [1.807, 2.05) is 38.1 Å². The highest BCUT2D eigenvalue weighted by atomic mass is 16.5. The lowest BCUT2D eigenvalue weighted by molar-refractivity contribution is 0.0988. The van der Waals surface area contributed by atoms with Gasteiger partial charge in [0.1, 0.15) is 5.69 Å². The molecular weight excluding hydrogens is 277 g/mol. The van der Waals surface area contributed by atoms with Gasteiger partial charge in [0.05, 0.1) is 0 Å². The smallest absolute Gasteiger partial charge is 0.423 e. The van der Waals surface area contributed by atoms with Crippen molar-refractivity contribution in [3.05, 3.63) is 58.4 Å². The molecule has 2 aromatic rings. The zero-order chi connectivity index (χ0) is 15.7. The molecule has 0 atom stereocenters. The molecule has 0 saturated carbocycles. The molecule has 2 heterocycles. The number of aromatic nitrogens is 1. The van der Waals surface area contributed by atoms with E-state index in [9.17, 15) is 9.82 Å². The molecule has 4 nitrogen and oxygen atoms in total. The lowest BCUT2D eigenvalue weighted by Crippen LogP contribution is -2.41. The molecule has 1 N–H and O–H groups in total. The van der Waals surface area contributed by atoms with Crippen molar-refractivity contribution in [2.24, 2.45) is 0 Å². The minimum absolute atomic E-state index is 0.0192. The van der Waals surface area contributed by atoms with Crippen LogP contribution in [0.2, 0.25) is 0 Å². The summed E-state index contributed by atoms with van der Waals surface area (Å²) in [6.07, 6.45) is 2.79. The van der Waals surface area contributed by atoms with Crippen molar-refractivity contribution in [1.29, 1.82) is 0 Å². The zero-order valence-corrected chi connectivity index (χ0v) is 12.8. The van der Waals surface area contributed by atoms with Crippen LogP contribution in [0.3, 0.4) is 0 Å². The van der Waals surface area contributed by atoms with E-state index < -0.39 is 7.12 Å². The number of carbonyl (C=O) groups is 1. The average molecular weight is 295 g/mol. The van der Waals surface area contributed by atoms with Gasteiger partial charge in [0, 0.05) is 19.2 Å². The summed E-state index contributed by atoms with van der Waals surface area (Å²) < 4.78 is 5.24. The summed E-state index contributed by atoms with van der Waals surface area (Å²) in [5.74, 6) is -0.0192. The summed E-state index contributed by atoms with van der Waals surface area (Å²) in [6.45, 7) is 4.47. The Balaban J connectivity index is 1.82. The van der Waals surface area contributed by atoms with E-state index >= 15 is 0 Å². The second-order valence-electron chi connectivity index (χ2n) is 5.76. The van der Waals surface area contributed by atoms with Crippen molar-refractivity contribution >= 4 is 18.4 Å². The number of benzene rings is 1. The zero-order valence-electron chi connectivity index (χ0n) is 12.8. The standard InChI is InChI=1S/C17H18BNO3/c1-11-7-16(19-10-12(11)2)17(20)9-13-3-4-14-5-6-22-18(21)15(14)8-13/h3-4,7-8,10,21H,5-6,9H2,1-2H3. The first-order valence-electron chi connectivity index (χ1n) is 7.42. The Morgan fingerprint density at radius 3 is 2.91 bits per heavy atom. The summed E-state index contributed by atoms with van der Waals surface area (Å²) in [7, 11) is -0.890. The summed E-state index contributed by atoms with van der Waals surface area (Å²) >= 11 is 0. The maximum atomic E-state index is 12.4. The van der Waals surface area contributed by atoms with Crippen LogP contribution in [0.5, 0.6) is 0 Å². The molecule has 0 saturated heterocycles. The van der Waals surface area contributed by atoms with Gasteiger partial charge in [0.25, 0.3) is 0 Å². The normalized spacial score (nSPS) is 13.9. The minimum atomic E-state index is -0.890. The molecule has 0 bridgehead atoms. The first kappa shape index (κ1) is 14.9. The molecule has 5 heteroatoms. The number of carbonyl (C=O) groups excluding carboxylic acids is 1. The number of fused-ring (bicyclic) bond motifs is 1. The van der Waals surface area contributed by atoms with E-state index in [2.05, 4.69) is 4.98 Å². The second-order valence-corrected chi connectivity index (χ2v) is 5.76. The Morgan fingerprint density at radius 1 is 1.32 bits per heavy atom. The molecule has 3 rings (SSSR count). The topological polar surface area (TPSA) is 59.4 Å². The molecule has 1 aliphatic heterocycles. The number of aryl methyl sites for hydroxylation is 2. The minimum Gasteiger partial charge on any atom is -0.423 e. The molecule has 0 fully saturated rings. The fourth-order valence-electron chi connectivity index (χ4n) is 2.64. The van der Waals surface area contributed by atoms with Gasteiger partial charge in [-0.05, 0) is 54.1 Å². The van der Waals surface area contributed by atoms with Gasteiger partial charge in [0.2, 0.25) is 0 Å². The Labute approximate surface area is 130 Å². The molecule has 0 aliphatic carbocycles. The fraction of sp³-hybridized carbons (Fsp3) is 0.294. The van der Waals surface area contributed by atoms with Gasteiger partial charge in [-0.15, -0.1) is 0 Å². The molecular formula is C17H18BNO3. The maximum absolute atomic E-state index is 12.4. The molecule has 1 aromatic heterocycles. The highest BCUT2D eigenvalue weighted by Gasteiger charge is 2.25. The quantitative estimate of drug-likeness (QED) is 0.686. The molecule has 112 valence electrons. The van der Waals surface area contributed by atoms with E-state index in [-0.39, 0.29) is 12.2 Å². The largest absolute Gasteiger partial charge is 0.491 e. The van der Waals surface area contributed by atoms with Gasteiger partial charge < -0.3 is 9.68 Å². The molecule has 0 spiro atoms. The number of hydrogen-bond acceptors (Lipinski definition) is 4. The number of rotatable bonds is 3.